The Morgan fingerprint density at radius 3 is 2.79 bits per heavy atom. The van der Waals surface area contributed by atoms with Crippen molar-refractivity contribution in [1.82, 2.24) is 10.2 Å². The maximum Gasteiger partial charge on any atom is 0.266 e. The van der Waals surface area contributed by atoms with Crippen LogP contribution in [0, 0.1) is 12.8 Å². The fraction of sp³-hybridized carbons (Fsp3) is 0.438. The van der Waals surface area contributed by atoms with Crippen LogP contribution in [0.15, 0.2) is 22.5 Å². The third kappa shape index (κ3) is 5.65. The Labute approximate surface area is 155 Å². The van der Waals surface area contributed by atoms with Crippen LogP contribution >= 0.6 is 34.7 Å². The number of carbonyl (C=O) groups excluding carboxylic acids is 1. The average Bonchev–Trinajstić information content (AvgIpc) is 2.96. The molecule has 1 aromatic heterocycles. The lowest BCUT2D eigenvalue weighted by Crippen LogP contribution is -2.30. The molecule has 8 heteroatoms. The van der Waals surface area contributed by atoms with Crippen LogP contribution in [0.25, 0.3) is 0 Å². The highest BCUT2D eigenvalue weighted by Crippen LogP contribution is 2.27. The predicted octanol–water partition coefficient (Wildman–Crippen LogP) is 4.65. The third-order valence-electron chi connectivity index (χ3n) is 2.99. The summed E-state index contributed by atoms with van der Waals surface area (Å²) < 4.78 is 6.50. The van der Waals surface area contributed by atoms with E-state index in [1.54, 1.807) is 36.9 Å². The van der Waals surface area contributed by atoms with Crippen molar-refractivity contribution in [3.8, 4) is 5.75 Å². The molecule has 0 fully saturated rings. The predicted molar refractivity (Wildman–Crippen MR) is 100 cm³/mol. The van der Waals surface area contributed by atoms with Crippen molar-refractivity contribution in [1.29, 1.82) is 0 Å². The minimum absolute atomic E-state index is 0.265. The minimum atomic E-state index is -0.652. The van der Waals surface area contributed by atoms with Gasteiger partial charge in [-0.05, 0) is 43.5 Å². The lowest BCUT2D eigenvalue weighted by Gasteiger charge is -2.14. The van der Waals surface area contributed by atoms with Crippen molar-refractivity contribution in [2.24, 2.45) is 5.92 Å². The number of hydrogen-bond acceptors (Lipinski definition) is 6. The number of halogens is 1. The highest BCUT2D eigenvalue weighted by molar-refractivity contribution is 8.01. The first-order valence-corrected chi connectivity index (χ1v) is 9.73. The SMILES string of the molecule is Cc1cc(O[C@H](C)C(=O)Nc2nnc(SCC(C)C)s2)ccc1Cl. The molecule has 0 radical (unpaired) electrons. The summed E-state index contributed by atoms with van der Waals surface area (Å²) >= 11 is 8.99. The molecule has 1 N–H and O–H groups in total. The molecule has 1 amide bonds. The summed E-state index contributed by atoms with van der Waals surface area (Å²) in [5.41, 5.74) is 0.901. The van der Waals surface area contributed by atoms with Gasteiger partial charge in [0.2, 0.25) is 5.13 Å². The average molecular weight is 386 g/mol. The van der Waals surface area contributed by atoms with Gasteiger partial charge in [-0.15, -0.1) is 10.2 Å². The van der Waals surface area contributed by atoms with Gasteiger partial charge in [0.1, 0.15) is 5.75 Å². The van der Waals surface area contributed by atoms with Gasteiger partial charge in [-0.1, -0.05) is 48.5 Å². The number of thioether (sulfide) groups is 1. The first-order valence-electron chi connectivity index (χ1n) is 7.55. The number of benzene rings is 1. The second kappa shape index (κ2) is 8.69. The van der Waals surface area contributed by atoms with Crippen molar-refractivity contribution in [3.05, 3.63) is 28.8 Å². The number of rotatable bonds is 7. The van der Waals surface area contributed by atoms with Crippen LogP contribution in [0.5, 0.6) is 5.75 Å². The zero-order valence-electron chi connectivity index (χ0n) is 14.0. The van der Waals surface area contributed by atoms with E-state index >= 15 is 0 Å². The number of nitrogens with one attached hydrogen (secondary N) is 1. The summed E-state index contributed by atoms with van der Waals surface area (Å²) in [6, 6.07) is 5.29. The number of anilines is 1. The Hall–Kier alpha value is -1.31. The fourth-order valence-electron chi connectivity index (χ4n) is 1.71. The van der Waals surface area contributed by atoms with E-state index in [1.807, 2.05) is 6.92 Å². The molecule has 0 saturated heterocycles. The first kappa shape index (κ1) is 19.0. The number of carbonyl (C=O) groups is 1. The number of aryl methyl sites for hydroxylation is 1. The third-order valence-corrected chi connectivity index (χ3v) is 5.81. The van der Waals surface area contributed by atoms with Gasteiger partial charge >= 0.3 is 0 Å². The molecule has 130 valence electrons. The van der Waals surface area contributed by atoms with Gasteiger partial charge in [0.05, 0.1) is 0 Å². The molecule has 5 nitrogen and oxygen atoms in total. The Bertz CT molecular complexity index is 706. The fourth-order valence-corrected chi connectivity index (χ4v) is 3.56. The molecule has 1 aromatic carbocycles. The van der Waals surface area contributed by atoms with Crippen LogP contribution in [0.2, 0.25) is 5.02 Å². The zero-order valence-corrected chi connectivity index (χ0v) is 16.4. The smallest absolute Gasteiger partial charge is 0.266 e. The quantitative estimate of drug-likeness (QED) is 0.555. The maximum absolute atomic E-state index is 12.2. The zero-order chi connectivity index (χ0) is 17.7. The second-order valence-electron chi connectivity index (χ2n) is 5.74. The van der Waals surface area contributed by atoms with Gasteiger partial charge in [0.25, 0.3) is 5.91 Å². The monoisotopic (exact) mass is 385 g/mol. The van der Waals surface area contributed by atoms with E-state index in [2.05, 4.69) is 29.4 Å². The van der Waals surface area contributed by atoms with E-state index in [4.69, 9.17) is 16.3 Å². The van der Waals surface area contributed by atoms with Crippen LogP contribution in [-0.4, -0.2) is 28.0 Å². The number of hydrogen-bond donors (Lipinski definition) is 1. The van der Waals surface area contributed by atoms with Gasteiger partial charge < -0.3 is 4.74 Å². The van der Waals surface area contributed by atoms with E-state index < -0.39 is 6.10 Å². The van der Waals surface area contributed by atoms with E-state index in [1.165, 1.54) is 11.3 Å². The van der Waals surface area contributed by atoms with Crippen LogP contribution < -0.4 is 10.1 Å². The molecule has 0 aliphatic rings. The molecule has 1 heterocycles. The van der Waals surface area contributed by atoms with Gasteiger partial charge in [-0.2, -0.15) is 0 Å². The highest BCUT2D eigenvalue weighted by atomic mass is 35.5. The summed E-state index contributed by atoms with van der Waals surface area (Å²) in [6.45, 7) is 7.87. The van der Waals surface area contributed by atoms with E-state index in [-0.39, 0.29) is 5.91 Å². The molecule has 0 saturated carbocycles. The molecule has 2 aromatic rings. The van der Waals surface area contributed by atoms with Crippen LogP contribution in [-0.2, 0) is 4.79 Å². The van der Waals surface area contributed by atoms with Gasteiger partial charge in [-0.25, -0.2) is 0 Å². The highest BCUT2D eigenvalue weighted by Gasteiger charge is 2.17. The van der Waals surface area contributed by atoms with Crippen LogP contribution in [0.3, 0.4) is 0 Å². The molecular weight excluding hydrogens is 366 g/mol. The minimum Gasteiger partial charge on any atom is -0.481 e. The molecule has 0 aliphatic heterocycles. The topological polar surface area (TPSA) is 64.1 Å². The summed E-state index contributed by atoms with van der Waals surface area (Å²) in [5, 5.41) is 11.9. The van der Waals surface area contributed by atoms with Crippen molar-refractivity contribution < 1.29 is 9.53 Å². The van der Waals surface area contributed by atoms with Gasteiger partial charge in [-0.3, -0.25) is 10.1 Å². The van der Waals surface area contributed by atoms with E-state index in [0.717, 1.165) is 15.7 Å². The Morgan fingerprint density at radius 1 is 1.38 bits per heavy atom. The van der Waals surface area contributed by atoms with E-state index in [0.29, 0.717) is 21.8 Å². The number of ether oxygens (including phenoxy) is 1. The largest absolute Gasteiger partial charge is 0.481 e. The van der Waals surface area contributed by atoms with E-state index in [9.17, 15) is 4.79 Å². The molecular formula is C16H20ClN3O2S2. The lowest BCUT2D eigenvalue weighted by molar-refractivity contribution is -0.122. The molecule has 0 unspecified atom stereocenters. The van der Waals surface area contributed by atoms with Gasteiger partial charge in [0, 0.05) is 10.8 Å². The van der Waals surface area contributed by atoms with Gasteiger partial charge in [0.15, 0.2) is 10.4 Å². The summed E-state index contributed by atoms with van der Waals surface area (Å²) in [5.74, 6) is 1.88. The first-order chi connectivity index (χ1) is 11.3. The summed E-state index contributed by atoms with van der Waals surface area (Å²) in [6.07, 6.45) is -0.652. The number of nitrogens with zero attached hydrogens (tertiary/aromatic N) is 2. The lowest BCUT2D eigenvalue weighted by atomic mass is 10.2. The number of aromatic nitrogens is 2. The molecule has 0 aliphatic carbocycles. The van der Waals surface area contributed by atoms with Crippen molar-refractivity contribution in [2.45, 2.75) is 38.1 Å². The Morgan fingerprint density at radius 2 is 2.12 bits per heavy atom. The molecule has 1 atom stereocenters. The summed E-state index contributed by atoms with van der Waals surface area (Å²) in [7, 11) is 0. The van der Waals surface area contributed by atoms with Crippen molar-refractivity contribution >= 4 is 45.7 Å². The number of amides is 1. The second-order valence-corrected chi connectivity index (χ2v) is 8.39. The van der Waals surface area contributed by atoms with Crippen molar-refractivity contribution in [2.75, 3.05) is 11.1 Å². The molecule has 2 rings (SSSR count). The maximum atomic E-state index is 12.2. The summed E-state index contributed by atoms with van der Waals surface area (Å²) in [4.78, 5) is 12.2. The van der Waals surface area contributed by atoms with Crippen molar-refractivity contribution in [3.63, 3.8) is 0 Å². The molecule has 0 bridgehead atoms. The standard InChI is InChI=1S/C16H20ClN3O2S2/c1-9(2)8-23-16-20-19-15(24-16)18-14(21)11(4)22-12-5-6-13(17)10(3)7-12/h5-7,9,11H,8H2,1-4H3,(H,18,19,21)/t11-/m1/s1. The molecule has 0 spiro atoms. The molecule has 24 heavy (non-hydrogen) atoms. The normalized spacial score (nSPS) is 12.2. The van der Waals surface area contributed by atoms with Crippen LogP contribution in [0.1, 0.15) is 26.3 Å². The Kier molecular flexibility index (Phi) is 6.89. The van der Waals surface area contributed by atoms with Crippen LogP contribution in [0.4, 0.5) is 5.13 Å². The Balaban J connectivity index is 1.90.